The number of ether oxygens (including phenoxy) is 1. The van der Waals surface area contributed by atoms with E-state index in [0.29, 0.717) is 4.47 Å². The average Bonchev–Trinajstić information content (AvgIpc) is 2.73. The number of carboxylic acids is 1. The number of hydrogen-bond donors (Lipinski definition) is 1. The molecule has 1 aromatic heterocycles. The Morgan fingerprint density at radius 2 is 2.10 bits per heavy atom. The van der Waals surface area contributed by atoms with Crippen molar-refractivity contribution < 1.29 is 27.8 Å². The van der Waals surface area contributed by atoms with Gasteiger partial charge in [-0.2, -0.15) is 4.39 Å². The second kappa shape index (κ2) is 5.62. The summed E-state index contributed by atoms with van der Waals surface area (Å²) >= 11 is 3.02. The molecule has 7 heteroatoms. The van der Waals surface area contributed by atoms with Gasteiger partial charge in [0.1, 0.15) is 23.7 Å². The van der Waals surface area contributed by atoms with Crippen LogP contribution in [0.3, 0.4) is 0 Å². The molecule has 0 bridgehead atoms. The largest absolute Gasteiger partial charge is 0.482 e. The maximum atomic E-state index is 13.5. The third-order valence-electron chi connectivity index (χ3n) is 2.53. The minimum atomic E-state index is -1.13. The lowest BCUT2D eigenvalue weighted by Crippen LogP contribution is -1.98. The Labute approximate surface area is 121 Å². The van der Waals surface area contributed by atoms with E-state index in [0.717, 1.165) is 6.07 Å². The Morgan fingerprint density at radius 1 is 1.40 bits per heavy atom. The number of aryl methyl sites for hydroxylation is 1. The van der Waals surface area contributed by atoms with E-state index in [1.807, 2.05) is 0 Å². The third kappa shape index (κ3) is 2.98. The van der Waals surface area contributed by atoms with Crippen LogP contribution < -0.4 is 4.74 Å². The van der Waals surface area contributed by atoms with E-state index < -0.39 is 17.6 Å². The van der Waals surface area contributed by atoms with Crippen molar-refractivity contribution in [3.8, 4) is 5.75 Å². The molecule has 0 aliphatic heterocycles. The first kappa shape index (κ1) is 14.5. The van der Waals surface area contributed by atoms with Crippen LogP contribution in [-0.4, -0.2) is 11.1 Å². The van der Waals surface area contributed by atoms with Gasteiger partial charge in [-0.3, -0.25) is 0 Å². The van der Waals surface area contributed by atoms with Crippen molar-refractivity contribution in [3.05, 3.63) is 51.4 Å². The van der Waals surface area contributed by atoms with E-state index >= 15 is 0 Å². The van der Waals surface area contributed by atoms with E-state index in [-0.39, 0.29) is 29.4 Å². The van der Waals surface area contributed by atoms with Gasteiger partial charge in [0.15, 0.2) is 11.6 Å². The lowest BCUT2D eigenvalue weighted by atomic mass is 10.2. The highest BCUT2D eigenvalue weighted by Crippen LogP contribution is 2.26. The molecule has 1 N–H and O–H groups in total. The van der Waals surface area contributed by atoms with Crippen molar-refractivity contribution in [3.63, 3.8) is 0 Å². The number of halogens is 3. The SMILES string of the molecule is Cc1oc(COc2cc(Br)cc(F)c2F)cc1C(=O)O. The van der Waals surface area contributed by atoms with Crippen LogP contribution in [-0.2, 0) is 6.61 Å². The summed E-state index contributed by atoms with van der Waals surface area (Å²) in [6, 6.07) is 3.53. The van der Waals surface area contributed by atoms with Gasteiger partial charge in [-0.25, -0.2) is 9.18 Å². The highest BCUT2D eigenvalue weighted by Gasteiger charge is 2.16. The monoisotopic (exact) mass is 346 g/mol. The molecule has 0 amide bonds. The van der Waals surface area contributed by atoms with Crippen molar-refractivity contribution in [1.29, 1.82) is 0 Å². The fourth-order valence-corrected chi connectivity index (χ4v) is 2.02. The zero-order valence-electron chi connectivity index (χ0n) is 10.2. The van der Waals surface area contributed by atoms with Crippen LogP contribution in [0.4, 0.5) is 8.78 Å². The molecule has 106 valence electrons. The molecule has 0 atom stereocenters. The van der Waals surface area contributed by atoms with Crippen molar-refractivity contribution in [2.75, 3.05) is 0 Å². The molecule has 0 unspecified atom stereocenters. The summed E-state index contributed by atoms with van der Waals surface area (Å²) in [5.41, 5.74) is 0.00416. The van der Waals surface area contributed by atoms with Crippen molar-refractivity contribution in [2.24, 2.45) is 0 Å². The van der Waals surface area contributed by atoms with Crippen molar-refractivity contribution in [2.45, 2.75) is 13.5 Å². The maximum absolute atomic E-state index is 13.5. The molecule has 0 aliphatic rings. The summed E-state index contributed by atoms with van der Waals surface area (Å²) in [7, 11) is 0. The highest BCUT2D eigenvalue weighted by atomic mass is 79.9. The predicted molar refractivity (Wildman–Crippen MR) is 68.8 cm³/mol. The first-order chi connectivity index (χ1) is 9.38. The quantitative estimate of drug-likeness (QED) is 0.852. The fourth-order valence-electron chi connectivity index (χ4n) is 1.61. The van der Waals surface area contributed by atoms with Crippen LogP contribution in [0.1, 0.15) is 21.9 Å². The molecule has 0 radical (unpaired) electrons. The van der Waals surface area contributed by atoms with Gasteiger partial charge in [0.25, 0.3) is 0 Å². The Bertz CT molecular complexity index is 667. The molecule has 2 aromatic rings. The summed E-state index contributed by atoms with van der Waals surface area (Å²) in [5, 5.41) is 8.86. The Morgan fingerprint density at radius 3 is 2.70 bits per heavy atom. The number of benzene rings is 1. The average molecular weight is 347 g/mol. The standard InChI is InChI=1S/C13H9BrF2O4/c1-6-9(13(17)18)4-8(20-6)5-19-11-3-7(14)2-10(15)12(11)16/h2-4H,5H2,1H3,(H,17,18). The maximum Gasteiger partial charge on any atom is 0.339 e. The number of rotatable bonds is 4. The van der Waals surface area contributed by atoms with Crippen LogP contribution >= 0.6 is 15.9 Å². The normalized spacial score (nSPS) is 10.6. The zero-order chi connectivity index (χ0) is 14.9. The van der Waals surface area contributed by atoms with Gasteiger partial charge in [-0.05, 0) is 25.1 Å². The van der Waals surface area contributed by atoms with Crippen LogP contribution in [0, 0.1) is 18.6 Å². The number of carbonyl (C=O) groups is 1. The van der Waals surface area contributed by atoms with E-state index in [1.54, 1.807) is 0 Å². The highest BCUT2D eigenvalue weighted by molar-refractivity contribution is 9.10. The summed E-state index contributed by atoms with van der Waals surface area (Å²) in [5.74, 6) is -3.15. The van der Waals surface area contributed by atoms with Crippen molar-refractivity contribution in [1.82, 2.24) is 0 Å². The van der Waals surface area contributed by atoms with Gasteiger partial charge >= 0.3 is 5.97 Å². The summed E-state index contributed by atoms with van der Waals surface area (Å²) in [6.07, 6.45) is 0. The van der Waals surface area contributed by atoms with Gasteiger partial charge in [0, 0.05) is 4.47 Å². The molecule has 1 heterocycles. The van der Waals surface area contributed by atoms with Crippen LogP contribution in [0.15, 0.2) is 27.1 Å². The number of carboxylic acid groups (broad SMARTS) is 1. The first-order valence-electron chi connectivity index (χ1n) is 5.48. The van der Waals surface area contributed by atoms with Crippen LogP contribution in [0.2, 0.25) is 0 Å². The van der Waals surface area contributed by atoms with E-state index in [2.05, 4.69) is 15.9 Å². The molecular formula is C13H9BrF2O4. The number of aromatic carboxylic acids is 1. The second-order valence-corrected chi connectivity index (χ2v) is 4.89. The zero-order valence-corrected chi connectivity index (χ0v) is 11.8. The fraction of sp³-hybridized carbons (Fsp3) is 0.154. The van der Waals surface area contributed by atoms with Gasteiger partial charge < -0.3 is 14.3 Å². The van der Waals surface area contributed by atoms with Gasteiger partial charge in [0.2, 0.25) is 5.82 Å². The molecule has 4 nitrogen and oxygen atoms in total. The molecule has 1 aromatic carbocycles. The van der Waals surface area contributed by atoms with Crippen LogP contribution in [0.5, 0.6) is 5.75 Å². The van der Waals surface area contributed by atoms with Gasteiger partial charge in [0.05, 0.1) is 0 Å². The lowest BCUT2D eigenvalue weighted by molar-refractivity contribution is 0.0695. The van der Waals surface area contributed by atoms with E-state index in [1.165, 1.54) is 19.1 Å². The molecule has 0 saturated heterocycles. The molecular weight excluding hydrogens is 338 g/mol. The molecule has 2 rings (SSSR count). The van der Waals surface area contributed by atoms with Gasteiger partial charge in [-0.1, -0.05) is 15.9 Å². The van der Waals surface area contributed by atoms with E-state index in [4.69, 9.17) is 14.3 Å². The summed E-state index contributed by atoms with van der Waals surface area (Å²) < 4.78 is 37.2. The molecule has 0 saturated carbocycles. The smallest absolute Gasteiger partial charge is 0.339 e. The molecule has 0 spiro atoms. The van der Waals surface area contributed by atoms with Crippen LogP contribution in [0.25, 0.3) is 0 Å². The summed E-state index contributed by atoms with van der Waals surface area (Å²) in [4.78, 5) is 10.8. The minimum absolute atomic E-state index is 0.00416. The predicted octanol–water partition coefficient (Wildman–Crippen LogP) is 3.91. The van der Waals surface area contributed by atoms with Crippen molar-refractivity contribution >= 4 is 21.9 Å². The lowest BCUT2D eigenvalue weighted by Gasteiger charge is -2.06. The summed E-state index contributed by atoms with van der Waals surface area (Å²) in [6.45, 7) is 1.28. The topological polar surface area (TPSA) is 59.7 Å². The Kier molecular flexibility index (Phi) is 4.08. The number of hydrogen-bond acceptors (Lipinski definition) is 3. The minimum Gasteiger partial charge on any atom is -0.482 e. The third-order valence-corrected chi connectivity index (χ3v) is 2.99. The second-order valence-electron chi connectivity index (χ2n) is 3.98. The first-order valence-corrected chi connectivity index (χ1v) is 6.27. The Balaban J connectivity index is 2.17. The number of furan rings is 1. The molecule has 20 heavy (non-hydrogen) atoms. The Hall–Kier alpha value is -1.89. The van der Waals surface area contributed by atoms with Gasteiger partial charge in [-0.15, -0.1) is 0 Å². The molecule has 0 aliphatic carbocycles. The molecule has 0 fully saturated rings. The van der Waals surface area contributed by atoms with E-state index in [9.17, 15) is 13.6 Å².